The molecule has 0 atom stereocenters. The van der Waals surface area contributed by atoms with Crippen LogP contribution in [0, 0.1) is 5.41 Å². The third-order valence-electron chi connectivity index (χ3n) is 6.30. The summed E-state index contributed by atoms with van der Waals surface area (Å²) in [7, 11) is -3.27. The molecule has 0 spiro atoms. The van der Waals surface area contributed by atoms with Crippen LogP contribution in [0.2, 0.25) is 0 Å². The van der Waals surface area contributed by atoms with Crippen LogP contribution in [-0.2, 0) is 21.4 Å². The first-order valence-electron chi connectivity index (χ1n) is 11.0. The number of nitrogens with one attached hydrogen (secondary N) is 2. The maximum Gasteiger partial charge on any atom is 0.219 e. The van der Waals surface area contributed by atoms with Gasteiger partial charge in [-0.25, -0.2) is 18.1 Å². The van der Waals surface area contributed by atoms with E-state index < -0.39 is 10.0 Å². The number of H-pyrrole nitrogens is 1. The number of carbonyl (C=O) groups excluding carboxylic acids is 1. The summed E-state index contributed by atoms with van der Waals surface area (Å²) in [6, 6.07) is 9.63. The van der Waals surface area contributed by atoms with Crippen molar-refractivity contribution in [2.24, 2.45) is 5.41 Å². The highest BCUT2D eigenvalue weighted by atomic mass is 32.2. The van der Waals surface area contributed by atoms with Crippen LogP contribution in [-0.4, -0.2) is 55.1 Å². The molecule has 0 saturated carbocycles. The number of rotatable bonds is 7. The number of nitrogens with zero attached hydrogens (tertiary/aromatic N) is 2. The lowest BCUT2D eigenvalue weighted by Crippen LogP contribution is -2.43. The van der Waals surface area contributed by atoms with E-state index in [9.17, 15) is 13.2 Å². The molecule has 176 valence electrons. The molecular weight excluding hydrogens is 440 g/mol. The Hall–Kier alpha value is -2.91. The summed E-state index contributed by atoms with van der Waals surface area (Å²) in [5.74, 6) is 0.880. The summed E-state index contributed by atoms with van der Waals surface area (Å²) in [6.45, 7) is 6.12. The number of hydrogen-bond acceptors (Lipinski definition) is 5. The Morgan fingerprint density at radius 1 is 1.27 bits per heavy atom. The van der Waals surface area contributed by atoms with Crippen molar-refractivity contribution in [2.45, 2.75) is 33.2 Å². The van der Waals surface area contributed by atoms with E-state index in [2.05, 4.69) is 21.6 Å². The molecule has 0 aliphatic carbocycles. The predicted molar refractivity (Wildman–Crippen MR) is 128 cm³/mol. The number of fused-ring (bicyclic) bond motifs is 1. The van der Waals surface area contributed by atoms with Crippen molar-refractivity contribution in [3.63, 3.8) is 0 Å². The molecular formula is C24H30N4O4S. The van der Waals surface area contributed by atoms with Gasteiger partial charge in [0.1, 0.15) is 11.4 Å². The average Bonchev–Trinajstić information content (AvgIpc) is 3.21. The summed E-state index contributed by atoms with van der Waals surface area (Å²) in [4.78, 5) is 21.2. The quantitative estimate of drug-likeness (QED) is 0.551. The molecule has 3 aromatic rings. The average molecular weight is 471 g/mol. The van der Waals surface area contributed by atoms with Gasteiger partial charge in [0, 0.05) is 49.9 Å². The van der Waals surface area contributed by atoms with Crippen LogP contribution < -0.4 is 9.46 Å². The van der Waals surface area contributed by atoms with Gasteiger partial charge in [-0.05, 0) is 36.1 Å². The predicted octanol–water partition coefficient (Wildman–Crippen LogP) is 3.31. The van der Waals surface area contributed by atoms with Gasteiger partial charge >= 0.3 is 0 Å². The number of carbonyl (C=O) groups is 1. The van der Waals surface area contributed by atoms with Gasteiger partial charge in [0.15, 0.2) is 0 Å². The Balaban J connectivity index is 1.56. The van der Waals surface area contributed by atoms with Gasteiger partial charge in [-0.2, -0.15) is 0 Å². The van der Waals surface area contributed by atoms with Gasteiger partial charge in [-0.1, -0.05) is 25.1 Å². The van der Waals surface area contributed by atoms with Gasteiger partial charge < -0.3 is 14.6 Å². The van der Waals surface area contributed by atoms with Crippen LogP contribution in [0.3, 0.4) is 0 Å². The van der Waals surface area contributed by atoms with Gasteiger partial charge in [-0.3, -0.25) is 4.79 Å². The monoisotopic (exact) mass is 470 g/mol. The second-order valence-corrected chi connectivity index (χ2v) is 11.0. The summed E-state index contributed by atoms with van der Waals surface area (Å²) >= 11 is 0. The van der Waals surface area contributed by atoms with E-state index in [4.69, 9.17) is 4.74 Å². The number of benzene rings is 1. The molecule has 1 aliphatic rings. The third kappa shape index (κ3) is 5.54. The fraction of sp³-hybridized carbons (Fsp3) is 0.417. The Morgan fingerprint density at radius 3 is 2.73 bits per heavy atom. The Morgan fingerprint density at radius 2 is 2.03 bits per heavy atom. The molecule has 3 heterocycles. The van der Waals surface area contributed by atoms with Crippen LogP contribution in [0.25, 0.3) is 22.2 Å². The van der Waals surface area contributed by atoms with Crippen molar-refractivity contribution in [3.8, 4) is 16.9 Å². The number of likely N-dealkylation sites (tertiary alicyclic amines) is 1. The largest absolute Gasteiger partial charge is 0.492 e. The maximum atomic E-state index is 11.6. The van der Waals surface area contributed by atoms with Crippen LogP contribution in [0.4, 0.5) is 0 Å². The van der Waals surface area contributed by atoms with E-state index in [1.165, 1.54) is 0 Å². The molecule has 1 aliphatic heterocycles. The van der Waals surface area contributed by atoms with Crippen LogP contribution in [0.5, 0.6) is 5.75 Å². The minimum Gasteiger partial charge on any atom is -0.492 e. The van der Waals surface area contributed by atoms with Crippen molar-refractivity contribution < 1.29 is 17.9 Å². The molecule has 4 rings (SSSR count). The zero-order chi connectivity index (χ0) is 23.6. The molecule has 0 radical (unpaired) electrons. The third-order valence-corrected chi connectivity index (χ3v) is 6.97. The zero-order valence-electron chi connectivity index (χ0n) is 19.2. The fourth-order valence-corrected chi connectivity index (χ4v) is 4.62. The first-order valence-corrected chi connectivity index (χ1v) is 12.9. The van der Waals surface area contributed by atoms with E-state index in [0.29, 0.717) is 6.61 Å². The van der Waals surface area contributed by atoms with Crippen LogP contribution in [0.1, 0.15) is 32.3 Å². The highest BCUT2D eigenvalue weighted by Crippen LogP contribution is 2.37. The minimum atomic E-state index is -3.27. The van der Waals surface area contributed by atoms with E-state index in [-0.39, 0.29) is 17.9 Å². The molecule has 9 heteroatoms. The van der Waals surface area contributed by atoms with E-state index in [1.807, 2.05) is 41.4 Å². The number of amides is 1. The molecule has 1 aromatic carbocycles. The fourth-order valence-electron chi connectivity index (χ4n) is 4.20. The molecule has 1 saturated heterocycles. The molecule has 0 unspecified atom stereocenters. The van der Waals surface area contributed by atoms with E-state index in [0.717, 1.165) is 65.7 Å². The standard InChI is InChI=1S/C24H30N4O4S/c1-17(29)28-11-8-24(2,9-12-28)16-32-21-7-10-25-23-22(21)20(15-26-23)19-6-4-5-18(13-19)14-27-33(3,30)31/h4-7,10,13,15,27H,8-9,11-12,14,16H2,1-3H3,(H,25,26). The van der Waals surface area contributed by atoms with Gasteiger partial charge in [0.05, 0.1) is 18.2 Å². The number of piperidine rings is 1. The normalized spacial score (nSPS) is 16.2. The zero-order valence-corrected chi connectivity index (χ0v) is 20.0. The van der Waals surface area contributed by atoms with Gasteiger partial charge in [0.2, 0.25) is 15.9 Å². The Bertz CT molecular complexity index is 1260. The van der Waals surface area contributed by atoms with Crippen LogP contribution in [0.15, 0.2) is 42.7 Å². The first kappa shape index (κ1) is 23.3. The van der Waals surface area contributed by atoms with E-state index in [1.54, 1.807) is 13.1 Å². The highest BCUT2D eigenvalue weighted by molar-refractivity contribution is 7.88. The minimum absolute atomic E-state index is 0.00472. The lowest BCUT2D eigenvalue weighted by Gasteiger charge is -2.38. The summed E-state index contributed by atoms with van der Waals surface area (Å²) in [5.41, 5.74) is 3.50. The molecule has 0 bridgehead atoms. The first-order chi connectivity index (χ1) is 15.6. The van der Waals surface area contributed by atoms with Crippen molar-refractivity contribution in [2.75, 3.05) is 26.0 Å². The second kappa shape index (κ2) is 9.15. The molecule has 1 amide bonds. The maximum absolute atomic E-state index is 11.6. The van der Waals surface area contributed by atoms with Crippen molar-refractivity contribution in [1.29, 1.82) is 0 Å². The van der Waals surface area contributed by atoms with Crippen LogP contribution >= 0.6 is 0 Å². The molecule has 2 N–H and O–H groups in total. The van der Waals surface area contributed by atoms with Crippen molar-refractivity contribution in [1.82, 2.24) is 19.6 Å². The summed E-state index contributed by atoms with van der Waals surface area (Å²) < 4.78 is 31.8. The number of pyridine rings is 1. The smallest absolute Gasteiger partial charge is 0.219 e. The highest BCUT2D eigenvalue weighted by Gasteiger charge is 2.32. The number of aromatic nitrogens is 2. The molecule has 33 heavy (non-hydrogen) atoms. The molecule has 8 nitrogen and oxygen atoms in total. The van der Waals surface area contributed by atoms with Gasteiger partial charge in [-0.15, -0.1) is 0 Å². The lowest BCUT2D eigenvalue weighted by atomic mass is 9.81. The molecule has 2 aromatic heterocycles. The Kier molecular flexibility index (Phi) is 6.45. The van der Waals surface area contributed by atoms with Crippen molar-refractivity contribution in [3.05, 3.63) is 48.3 Å². The molecule has 1 fully saturated rings. The summed E-state index contributed by atoms with van der Waals surface area (Å²) in [6.07, 6.45) is 6.58. The number of aromatic amines is 1. The van der Waals surface area contributed by atoms with Crippen molar-refractivity contribution >= 4 is 27.0 Å². The second-order valence-electron chi connectivity index (χ2n) is 9.13. The number of sulfonamides is 1. The summed E-state index contributed by atoms with van der Waals surface area (Å²) in [5, 5.41) is 0.899. The lowest BCUT2D eigenvalue weighted by molar-refractivity contribution is -0.131. The van der Waals surface area contributed by atoms with E-state index >= 15 is 0 Å². The SMILES string of the molecule is CC(=O)N1CCC(C)(COc2ccnc3[nH]cc(-c4cccc(CNS(C)(=O)=O)c4)c23)CC1. The number of hydrogen-bond donors (Lipinski definition) is 2. The number of ether oxygens (including phenoxy) is 1. The van der Waals surface area contributed by atoms with Gasteiger partial charge in [0.25, 0.3) is 0 Å². The topological polar surface area (TPSA) is 104 Å². The Labute approximate surface area is 194 Å².